The highest BCUT2D eigenvalue weighted by Gasteiger charge is 2.64. The SMILES string of the molecule is O=C(c1ccco1)C1C2C(=O)N(c3cccc([N+](=O)[O-])c3)C(=O)C2C2c3ccccc3C=CN12. The number of Topliss-reactive ketones (excluding diaryl/α,β-unsaturated/α-hetero) is 1. The maximum atomic E-state index is 13.7. The summed E-state index contributed by atoms with van der Waals surface area (Å²) in [5.41, 5.74) is 1.64. The molecule has 3 aromatic rings. The van der Waals surface area contributed by atoms with Crippen molar-refractivity contribution in [1.29, 1.82) is 0 Å². The van der Waals surface area contributed by atoms with Crippen LogP contribution >= 0.6 is 0 Å². The summed E-state index contributed by atoms with van der Waals surface area (Å²) >= 11 is 0. The minimum absolute atomic E-state index is 0.103. The number of carbonyl (C=O) groups is 3. The van der Waals surface area contributed by atoms with Crippen molar-refractivity contribution in [3.05, 3.63) is 100 Å². The predicted molar refractivity (Wildman–Crippen MR) is 119 cm³/mol. The Hall–Kier alpha value is -4.53. The van der Waals surface area contributed by atoms with E-state index in [2.05, 4.69) is 0 Å². The number of non-ortho nitro benzene ring substituents is 1. The number of furan rings is 1. The Morgan fingerprint density at radius 2 is 1.76 bits per heavy atom. The van der Waals surface area contributed by atoms with Gasteiger partial charge in [-0.05, 0) is 35.4 Å². The van der Waals surface area contributed by atoms with Gasteiger partial charge in [-0.3, -0.25) is 24.5 Å². The van der Waals surface area contributed by atoms with Gasteiger partial charge in [0.2, 0.25) is 17.6 Å². The molecule has 4 heterocycles. The topological polar surface area (TPSA) is 114 Å². The van der Waals surface area contributed by atoms with Gasteiger partial charge in [-0.2, -0.15) is 0 Å². The van der Waals surface area contributed by atoms with Crippen LogP contribution in [0.3, 0.4) is 0 Å². The molecule has 0 spiro atoms. The van der Waals surface area contributed by atoms with Gasteiger partial charge >= 0.3 is 0 Å². The fourth-order valence-corrected chi connectivity index (χ4v) is 5.42. The van der Waals surface area contributed by atoms with Crippen LogP contribution in [0.2, 0.25) is 0 Å². The smallest absolute Gasteiger partial charge is 0.271 e. The van der Waals surface area contributed by atoms with E-state index in [9.17, 15) is 24.5 Å². The lowest BCUT2D eigenvalue weighted by molar-refractivity contribution is -0.384. The van der Waals surface area contributed by atoms with Gasteiger partial charge in [-0.25, -0.2) is 4.90 Å². The van der Waals surface area contributed by atoms with Gasteiger partial charge in [-0.1, -0.05) is 30.3 Å². The van der Waals surface area contributed by atoms with E-state index >= 15 is 0 Å². The third-order valence-corrected chi connectivity index (χ3v) is 6.79. The first-order valence-corrected chi connectivity index (χ1v) is 10.7. The predicted octanol–water partition coefficient (Wildman–Crippen LogP) is 3.59. The van der Waals surface area contributed by atoms with E-state index in [1.54, 1.807) is 17.2 Å². The van der Waals surface area contributed by atoms with Crippen molar-refractivity contribution in [2.24, 2.45) is 11.8 Å². The maximum absolute atomic E-state index is 13.7. The number of ketones is 1. The number of anilines is 1. The van der Waals surface area contributed by atoms with Crippen molar-refractivity contribution in [3.63, 3.8) is 0 Å². The number of carbonyl (C=O) groups excluding carboxylic acids is 3. The quantitative estimate of drug-likeness (QED) is 0.256. The number of nitro benzene ring substituents is 1. The number of hydrogen-bond donors (Lipinski definition) is 0. The molecule has 0 aliphatic carbocycles. The van der Waals surface area contributed by atoms with E-state index in [0.29, 0.717) is 0 Å². The summed E-state index contributed by atoms with van der Waals surface area (Å²) in [5, 5.41) is 11.3. The summed E-state index contributed by atoms with van der Waals surface area (Å²) in [7, 11) is 0. The molecular formula is C25H17N3O6. The number of nitrogens with zero attached hydrogens (tertiary/aromatic N) is 3. The van der Waals surface area contributed by atoms with E-state index in [0.717, 1.165) is 16.0 Å². The van der Waals surface area contributed by atoms with E-state index in [1.807, 2.05) is 30.3 Å². The molecule has 9 nitrogen and oxygen atoms in total. The molecule has 9 heteroatoms. The van der Waals surface area contributed by atoms with E-state index in [1.165, 1.54) is 36.6 Å². The van der Waals surface area contributed by atoms with Gasteiger partial charge in [0.1, 0.15) is 6.04 Å². The summed E-state index contributed by atoms with van der Waals surface area (Å²) in [6.45, 7) is 0. The molecular weight excluding hydrogens is 438 g/mol. The van der Waals surface area contributed by atoms with Crippen LogP contribution in [0.15, 0.2) is 77.5 Å². The summed E-state index contributed by atoms with van der Waals surface area (Å²) in [6.07, 6.45) is 5.01. The number of hydrogen-bond acceptors (Lipinski definition) is 7. The molecule has 1 aromatic heterocycles. The number of amides is 2. The minimum Gasteiger partial charge on any atom is -0.461 e. The highest BCUT2D eigenvalue weighted by Crippen LogP contribution is 2.53. The lowest BCUT2D eigenvalue weighted by Crippen LogP contribution is -2.44. The zero-order chi connectivity index (χ0) is 23.6. The van der Waals surface area contributed by atoms with Gasteiger partial charge in [0.25, 0.3) is 5.69 Å². The standard InChI is InChI=1S/C25H17N3O6/c29-23(18-9-4-12-34-18)22-20-19(21-17-8-2-1-5-14(17)10-11-26(21)22)24(30)27(25(20)31)15-6-3-7-16(13-15)28(32)33/h1-13,19-22H. The molecule has 0 bridgehead atoms. The zero-order valence-corrected chi connectivity index (χ0v) is 17.6. The van der Waals surface area contributed by atoms with Crippen LogP contribution in [0.1, 0.15) is 27.7 Å². The minimum atomic E-state index is -0.967. The van der Waals surface area contributed by atoms with Gasteiger partial charge in [-0.15, -0.1) is 0 Å². The van der Waals surface area contributed by atoms with Crippen LogP contribution in [-0.2, 0) is 9.59 Å². The Morgan fingerprint density at radius 1 is 0.971 bits per heavy atom. The fraction of sp³-hybridized carbons (Fsp3) is 0.160. The van der Waals surface area contributed by atoms with E-state index in [-0.39, 0.29) is 17.1 Å². The van der Waals surface area contributed by atoms with Crippen LogP contribution in [0, 0.1) is 22.0 Å². The first-order chi connectivity index (χ1) is 16.5. The number of imide groups is 1. The molecule has 4 atom stereocenters. The average Bonchev–Trinajstić information content (AvgIpc) is 3.55. The van der Waals surface area contributed by atoms with Crippen LogP contribution in [-0.4, -0.2) is 33.5 Å². The lowest BCUT2D eigenvalue weighted by Gasteiger charge is -2.35. The molecule has 6 rings (SSSR count). The van der Waals surface area contributed by atoms with Crippen molar-refractivity contribution < 1.29 is 23.7 Å². The number of nitro groups is 1. The third kappa shape index (κ3) is 2.70. The molecule has 2 saturated heterocycles. The fourth-order valence-electron chi connectivity index (χ4n) is 5.42. The van der Waals surface area contributed by atoms with Crippen molar-refractivity contribution in [3.8, 4) is 0 Å². The third-order valence-electron chi connectivity index (χ3n) is 6.79. The maximum Gasteiger partial charge on any atom is 0.271 e. The van der Waals surface area contributed by atoms with Crippen LogP contribution in [0.25, 0.3) is 6.08 Å². The second-order valence-corrected chi connectivity index (χ2v) is 8.46. The van der Waals surface area contributed by atoms with Crippen molar-refractivity contribution >= 4 is 35.0 Å². The van der Waals surface area contributed by atoms with Crippen molar-refractivity contribution in [1.82, 2.24) is 4.90 Å². The monoisotopic (exact) mass is 455 g/mol. The Morgan fingerprint density at radius 3 is 2.53 bits per heavy atom. The first kappa shape index (κ1) is 20.1. The number of benzene rings is 2. The first-order valence-electron chi connectivity index (χ1n) is 10.7. The summed E-state index contributed by atoms with van der Waals surface area (Å²) < 4.78 is 5.34. The normalized spacial score (nSPS) is 24.7. The van der Waals surface area contributed by atoms with E-state index < -0.39 is 46.4 Å². The molecule has 2 aromatic carbocycles. The average molecular weight is 455 g/mol. The molecule has 3 aliphatic heterocycles. The zero-order valence-electron chi connectivity index (χ0n) is 17.6. The molecule has 34 heavy (non-hydrogen) atoms. The summed E-state index contributed by atoms with van der Waals surface area (Å²) in [6, 6.07) is 14.6. The Kier molecular flexibility index (Phi) is 4.28. The van der Waals surface area contributed by atoms with Gasteiger partial charge in [0.05, 0.1) is 34.8 Å². The molecule has 0 radical (unpaired) electrons. The Balaban J connectivity index is 1.50. The van der Waals surface area contributed by atoms with Gasteiger partial charge in [0.15, 0.2) is 5.76 Å². The number of rotatable bonds is 4. The molecule has 168 valence electrons. The molecule has 2 amide bonds. The van der Waals surface area contributed by atoms with Crippen molar-refractivity contribution in [2.45, 2.75) is 12.1 Å². The van der Waals surface area contributed by atoms with Crippen LogP contribution < -0.4 is 4.90 Å². The molecule has 4 unspecified atom stereocenters. The Bertz CT molecular complexity index is 1400. The molecule has 0 N–H and O–H groups in total. The molecule has 2 fully saturated rings. The Labute approximate surface area is 193 Å². The highest BCUT2D eigenvalue weighted by molar-refractivity contribution is 6.24. The van der Waals surface area contributed by atoms with Crippen molar-refractivity contribution in [2.75, 3.05) is 4.90 Å². The largest absolute Gasteiger partial charge is 0.461 e. The van der Waals surface area contributed by atoms with Gasteiger partial charge < -0.3 is 9.32 Å². The van der Waals surface area contributed by atoms with E-state index in [4.69, 9.17) is 4.42 Å². The number of fused-ring (bicyclic) bond motifs is 5. The summed E-state index contributed by atoms with van der Waals surface area (Å²) in [4.78, 5) is 54.4. The van der Waals surface area contributed by atoms with Crippen LogP contribution in [0.5, 0.6) is 0 Å². The van der Waals surface area contributed by atoms with Crippen LogP contribution in [0.4, 0.5) is 11.4 Å². The molecule has 3 aliphatic rings. The highest BCUT2D eigenvalue weighted by atomic mass is 16.6. The second kappa shape index (κ2) is 7.24. The molecule has 0 saturated carbocycles. The lowest BCUT2D eigenvalue weighted by atomic mass is 9.84. The second-order valence-electron chi connectivity index (χ2n) is 8.46. The summed E-state index contributed by atoms with van der Waals surface area (Å²) in [5.74, 6) is -3.13. The van der Waals surface area contributed by atoms with Gasteiger partial charge in [0, 0.05) is 18.3 Å².